The van der Waals surface area contributed by atoms with Gasteiger partial charge in [-0.2, -0.15) is 5.10 Å². The molecule has 0 saturated heterocycles. The molecule has 0 unspecified atom stereocenters. The lowest BCUT2D eigenvalue weighted by Gasteiger charge is -2.23. The third kappa shape index (κ3) is 4.59. The monoisotopic (exact) mass is 435 g/mol. The number of nitrogens with zero attached hydrogens (tertiary/aromatic N) is 3. The molecule has 1 aliphatic rings. The maximum absolute atomic E-state index is 13.0. The second kappa shape index (κ2) is 8.86. The van der Waals surface area contributed by atoms with Crippen LogP contribution < -0.4 is 0 Å². The van der Waals surface area contributed by atoms with Crippen LogP contribution in [0.25, 0.3) is 10.9 Å². The van der Waals surface area contributed by atoms with E-state index in [-0.39, 0.29) is 25.2 Å². The summed E-state index contributed by atoms with van der Waals surface area (Å²) in [5.41, 5.74) is 4.38. The fraction of sp³-hybridized carbons (Fsp3) is 0.250. The van der Waals surface area contributed by atoms with Crippen molar-refractivity contribution in [1.82, 2.24) is 9.99 Å². The van der Waals surface area contributed by atoms with E-state index in [1.807, 2.05) is 61.5 Å². The number of carboxylic acid groups (broad SMARTS) is 1. The third-order valence-electron chi connectivity index (χ3n) is 5.36. The SMILES string of the molecule is Cc1cccc(C2=NN(C(=O)CCCC(=O)O)[C@@H](c3cc4ccccc4nc3Cl)C2)c1. The van der Waals surface area contributed by atoms with Crippen LogP contribution >= 0.6 is 11.6 Å². The number of carbonyl (C=O) groups excluding carboxylic acids is 1. The quantitative estimate of drug-likeness (QED) is 0.544. The predicted octanol–water partition coefficient (Wildman–Crippen LogP) is 5.13. The molecule has 0 radical (unpaired) electrons. The lowest BCUT2D eigenvalue weighted by atomic mass is 9.97. The maximum Gasteiger partial charge on any atom is 0.303 e. The lowest BCUT2D eigenvalue weighted by Crippen LogP contribution is -2.27. The van der Waals surface area contributed by atoms with E-state index in [9.17, 15) is 9.59 Å². The van der Waals surface area contributed by atoms with Gasteiger partial charge in [-0.25, -0.2) is 9.99 Å². The van der Waals surface area contributed by atoms with Crippen molar-refractivity contribution in [2.45, 2.75) is 38.6 Å². The largest absolute Gasteiger partial charge is 0.481 e. The highest BCUT2D eigenvalue weighted by Gasteiger charge is 2.34. The molecule has 0 aliphatic carbocycles. The van der Waals surface area contributed by atoms with E-state index in [1.54, 1.807) is 0 Å². The third-order valence-corrected chi connectivity index (χ3v) is 5.66. The number of aryl methyl sites for hydroxylation is 1. The second-order valence-corrected chi connectivity index (χ2v) is 8.04. The Kier molecular flexibility index (Phi) is 6.00. The van der Waals surface area contributed by atoms with Crippen LogP contribution in [-0.4, -0.2) is 32.7 Å². The molecule has 1 N–H and O–H groups in total. The van der Waals surface area contributed by atoms with Crippen LogP contribution in [0.2, 0.25) is 5.15 Å². The Morgan fingerprint density at radius 1 is 1.13 bits per heavy atom. The normalized spacial score (nSPS) is 15.9. The minimum absolute atomic E-state index is 0.0585. The molecule has 1 amide bonds. The predicted molar refractivity (Wildman–Crippen MR) is 120 cm³/mol. The fourth-order valence-corrected chi connectivity index (χ4v) is 4.10. The molecule has 1 aromatic heterocycles. The number of amides is 1. The van der Waals surface area contributed by atoms with Crippen molar-refractivity contribution in [2.75, 3.05) is 0 Å². The summed E-state index contributed by atoms with van der Waals surface area (Å²) < 4.78 is 0. The number of aliphatic carboxylic acids is 1. The fourth-order valence-electron chi connectivity index (χ4n) is 3.83. The van der Waals surface area contributed by atoms with Gasteiger partial charge in [0.25, 0.3) is 0 Å². The number of rotatable bonds is 6. The van der Waals surface area contributed by atoms with E-state index >= 15 is 0 Å². The summed E-state index contributed by atoms with van der Waals surface area (Å²) >= 11 is 6.54. The van der Waals surface area contributed by atoms with Gasteiger partial charge in [-0.3, -0.25) is 9.59 Å². The van der Waals surface area contributed by atoms with E-state index in [1.165, 1.54) is 5.01 Å². The van der Waals surface area contributed by atoms with E-state index in [2.05, 4.69) is 10.1 Å². The molecular formula is C24H22ClN3O3. The molecule has 0 spiro atoms. The molecule has 4 rings (SSSR count). The van der Waals surface area contributed by atoms with Crippen molar-refractivity contribution in [3.8, 4) is 0 Å². The lowest BCUT2D eigenvalue weighted by molar-refractivity contribution is -0.137. The maximum atomic E-state index is 13.0. The van der Waals surface area contributed by atoms with Crippen molar-refractivity contribution in [3.05, 3.63) is 76.4 Å². The Labute approximate surface area is 185 Å². The summed E-state index contributed by atoms with van der Waals surface area (Å²) in [5, 5.41) is 16.3. The Bertz CT molecular complexity index is 1190. The average molecular weight is 436 g/mol. The molecule has 2 aromatic carbocycles. The van der Waals surface area contributed by atoms with E-state index in [4.69, 9.17) is 16.7 Å². The number of aromatic nitrogens is 1. The van der Waals surface area contributed by atoms with Crippen molar-refractivity contribution in [3.63, 3.8) is 0 Å². The summed E-state index contributed by atoms with van der Waals surface area (Å²) in [7, 11) is 0. The van der Waals surface area contributed by atoms with Gasteiger partial charge in [-0.05, 0) is 31.0 Å². The van der Waals surface area contributed by atoms with Gasteiger partial charge in [0.05, 0.1) is 17.3 Å². The molecule has 158 valence electrons. The molecule has 0 fully saturated rings. The highest BCUT2D eigenvalue weighted by Crippen LogP contribution is 2.37. The smallest absolute Gasteiger partial charge is 0.303 e. The molecule has 6 nitrogen and oxygen atoms in total. The zero-order valence-electron chi connectivity index (χ0n) is 17.1. The summed E-state index contributed by atoms with van der Waals surface area (Å²) in [5.74, 6) is -1.14. The first-order valence-electron chi connectivity index (χ1n) is 10.2. The first kappa shape index (κ1) is 21.0. The van der Waals surface area contributed by atoms with Gasteiger partial charge < -0.3 is 5.11 Å². The van der Waals surface area contributed by atoms with Gasteiger partial charge in [-0.1, -0.05) is 59.6 Å². The molecular weight excluding hydrogens is 414 g/mol. The molecule has 31 heavy (non-hydrogen) atoms. The second-order valence-electron chi connectivity index (χ2n) is 7.68. The summed E-state index contributed by atoms with van der Waals surface area (Å²) in [4.78, 5) is 28.3. The number of fused-ring (bicyclic) bond motifs is 1. The van der Waals surface area contributed by atoms with Gasteiger partial charge in [-0.15, -0.1) is 0 Å². The van der Waals surface area contributed by atoms with Crippen LogP contribution in [0.3, 0.4) is 0 Å². The zero-order valence-corrected chi connectivity index (χ0v) is 17.8. The van der Waals surface area contributed by atoms with Gasteiger partial charge in [0, 0.05) is 30.2 Å². The molecule has 1 aliphatic heterocycles. The van der Waals surface area contributed by atoms with Gasteiger partial charge in [0.15, 0.2) is 0 Å². The number of carbonyl (C=O) groups is 2. The minimum atomic E-state index is -0.920. The Morgan fingerprint density at radius 3 is 2.71 bits per heavy atom. The van der Waals surface area contributed by atoms with Crippen LogP contribution in [0.1, 0.15) is 48.4 Å². The summed E-state index contributed by atoms with van der Waals surface area (Å²) in [6, 6.07) is 17.2. The minimum Gasteiger partial charge on any atom is -0.481 e. The summed E-state index contributed by atoms with van der Waals surface area (Å²) in [6.45, 7) is 2.01. The Morgan fingerprint density at radius 2 is 1.94 bits per heavy atom. The van der Waals surface area contributed by atoms with E-state index < -0.39 is 12.0 Å². The highest BCUT2D eigenvalue weighted by molar-refractivity contribution is 6.30. The Hall–Kier alpha value is -3.25. The standard InChI is InChI=1S/C24H22ClN3O3/c1-15-6-4-8-16(12-15)20-14-21(28(27-20)22(29)10-5-11-23(30)31)18-13-17-7-2-3-9-19(17)26-24(18)25/h2-4,6-9,12-13,21H,5,10-11,14H2,1H3,(H,30,31)/t21-/m1/s1. The molecule has 1 atom stereocenters. The van der Waals surface area contributed by atoms with E-state index in [0.29, 0.717) is 11.6 Å². The number of hydrogen-bond acceptors (Lipinski definition) is 4. The molecule has 2 heterocycles. The van der Waals surface area contributed by atoms with Gasteiger partial charge >= 0.3 is 5.97 Å². The number of carboxylic acids is 1. The molecule has 7 heteroatoms. The van der Waals surface area contributed by atoms with E-state index in [0.717, 1.165) is 33.3 Å². The van der Waals surface area contributed by atoms with Crippen LogP contribution in [0.4, 0.5) is 0 Å². The van der Waals surface area contributed by atoms with Crippen LogP contribution in [0, 0.1) is 6.92 Å². The van der Waals surface area contributed by atoms with Crippen molar-refractivity contribution >= 4 is 40.1 Å². The first-order chi connectivity index (χ1) is 14.9. The summed E-state index contributed by atoms with van der Waals surface area (Å²) in [6.07, 6.45) is 0.813. The van der Waals surface area contributed by atoms with Crippen molar-refractivity contribution in [1.29, 1.82) is 0 Å². The van der Waals surface area contributed by atoms with Crippen LogP contribution in [-0.2, 0) is 9.59 Å². The van der Waals surface area contributed by atoms with Crippen LogP contribution in [0.15, 0.2) is 59.7 Å². The molecule has 0 bridgehead atoms. The number of para-hydroxylation sites is 1. The number of hydrazone groups is 1. The highest BCUT2D eigenvalue weighted by atomic mass is 35.5. The van der Waals surface area contributed by atoms with Crippen molar-refractivity contribution in [2.24, 2.45) is 5.10 Å². The molecule has 3 aromatic rings. The topological polar surface area (TPSA) is 82.9 Å². The van der Waals surface area contributed by atoms with Gasteiger partial charge in [0.1, 0.15) is 5.15 Å². The van der Waals surface area contributed by atoms with Crippen molar-refractivity contribution < 1.29 is 14.7 Å². The number of pyridine rings is 1. The number of benzene rings is 2. The average Bonchev–Trinajstić information content (AvgIpc) is 3.18. The number of hydrogen-bond donors (Lipinski definition) is 1. The van der Waals surface area contributed by atoms with Gasteiger partial charge in [0.2, 0.25) is 5.91 Å². The van der Waals surface area contributed by atoms with Crippen LogP contribution in [0.5, 0.6) is 0 Å². The Balaban J connectivity index is 1.70. The zero-order chi connectivity index (χ0) is 22.0. The first-order valence-corrected chi connectivity index (χ1v) is 10.5. The molecule has 0 saturated carbocycles. The number of halogens is 1.